The molecule has 0 aromatic heterocycles. The van der Waals surface area contributed by atoms with Gasteiger partial charge < -0.3 is 19.7 Å². The van der Waals surface area contributed by atoms with Crippen molar-refractivity contribution in [2.75, 3.05) is 20.3 Å². The van der Waals surface area contributed by atoms with Crippen LogP contribution in [0.2, 0.25) is 0 Å². The second-order valence-corrected chi connectivity index (χ2v) is 7.36. The summed E-state index contributed by atoms with van der Waals surface area (Å²) in [6.07, 6.45) is 0. The largest absolute Gasteiger partial charge is 0.486 e. The molecule has 0 saturated carbocycles. The van der Waals surface area contributed by atoms with E-state index >= 15 is 0 Å². The molecule has 0 saturated heterocycles. The fourth-order valence-corrected chi connectivity index (χ4v) is 3.25. The smallest absolute Gasteiger partial charge is 0.317 e. The van der Waals surface area contributed by atoms with Crippen LogP contribution in [0.4, 0.5) is 4.79 Å². The topological polar surface area (TPSA) is 50.8 Å². The maximum Gasteiger partial charge on any atom is 0.317 e. The van der Waals surface area contributed by atoms with Crippen molar-refractivity contribution in [1.82, 2.24) is 10.2 Å². The molecule has 1 atom stereocenters. The molecule has 1 N–H and O–H groups in total. The average molecular weight is 368 g/mol. The number of nitrogens with one attached hydrogen (secondary N) is 1. The van der Waals surface area contributed by atoms with E-state index in [1.165, 1.54) is 5.56 Å². The first kappa shape index (κ1) is 19.1. The van der Waals surface area contributed by atoms with Crippen LogP contribution < -0.4 is 14.8 Å². The number of carbonyl (C=O) groups excluding carboxylic acids is 1. The van der Waals surface area contributed by atoms with E-state index in [2.05, 4.69) is 38.2 Å². The molecule has 0 aliphatic carbocycles. The predicted molar refractivity (Wildman–Crippen MR) is 106 cm³/mol. The third-order valence-electron chi connectivity index (χ3n) is 4.89. The first-order chi connectivity index (χ1) is 13.0. The second-order valence-electron chi connectivity index (χ2n) is 7.36. The minimum atomic E-state index is -0.104. The normalized spacial score (nSPS) is 14.0. The summed E-state index contributed by atoms with van der Waals surface area (Å²) in [6, 6.07) is 13.8. The number of hydrogen-bond acceptors (Lipinski definition) is 3. The molecular formula is C22H28N2O3. The van der Waals surface area contributed by atoms with Gasteiger partial charge in [0, 0.05) is 13.6 Å². The lowest BCUT2D eigenvalue weighted by molar-refractivity contribution is 0.171. The van der Waals surface area contributed by atoms with Gasteiger partial charge in [-0.05, 0) is 41.7 Å². The lowest BCUT2D eigenvalue weighted by atomic mass is 9.95. The number of ether oxygens (including phenoxy) is 2. The van der Waals surface area contributed by atoms with Gasteiger partial charge in [-0.25, -0.2) is 4.79 Å². The fraction of sp³-hybridized carbons (Fsp3) is 0.409. The fourth-order valence-electron chi connectivity index (χ4n) is 3.25. The molecule has 1 aliphatic heterocycles. The van der Waals surface area contributed by atoms with Gasteiger partial charge in [0.25, 0.3) is 0 Å². The minimum Gasteiger partial charge on any atom is -0.486 e. The van der Waals surface area contributed by atoms with Gasteiger partial charge in [0.05, 0.1) is 6.04 Å². The molecule has 27 heavy (non-hydrogen) atoms. The SMILES string of the molecule is Cc1ccccc1CN(C)C(=O)N[C@H](c1ccc2c(c1)OCCO2)C(C)C. The molecule has 0 spiro atoms. The summed E-state index contributed by atoms with van der Waals surface area (Å²) >= 11 is 0. The Bertz CT molecular complexity index is 804. The lowest BCUT2D eigenvalue weighted by Crippen LogP contribution is -2.40. The first-order valence-electron chi connectivity index (χ1n) is 9.41. The molecule has 3 rings (SSSR count). The molecule has 2 amide bonds. The van der Waals surface area contributed by atoms with Crippen LogP contribution in [0.15, 0.2) is 42.5 Å². The Morgan fingerprint density at radius 2 is 1.81 bits per heavy atom. The van der Waals surface area contributed by atoms with E-state index in [0.29, 0.717) is 19.8 Å². The van der Waals surface area contributed by atoms with Gasteiger partial charge in [-0.3, -0.25) is 0 Å². The number of fused-ring (bicyclic) bond motifs is 1. The second kappa shape index (κ2) is 8.33. The van der Waals surface area contributed by atoms with Gasteiger partial charge in [0.2, 0.25) is 0 Å². The molecule has 0 bridgehead atoms. The number of aryl methyl sites for hydroxylation is 1. The van der Waals surface area contributed by atoms with Crippen molar-refractivity contribution in [2.24, 2.45) is 5.92 Å². The van der Waals surface area contributed by atoms with Gasteiger partial charge in [-0.1, -0.05) is 44.2 Å². The lowest BCUT2D eigenvalue weighted by Gasteiger charge is -2.28. The van der Waals surface area contributed by atoms with Gasteiger partial charge in [-0.2, -0.15) is 0 Å². The number of urea groups is 1. The molecule has 2 aromatic carbocycles. The van der Waals surface area contributed by atoms with E-state index < -0.39 is 0 Å². The van der Waals surface area contributed by atoms with Gasteiger partial charge in [-0.15, -0.1) is 0 Å². The Kier molecular flexibility index (Phi) is 5.89. The molecule has 2 aromatic rings. The Hall–Kier alpha value is -2.69. The van der Waals surface area contributed by atoms with E-state index in [9.17, 15) is 4.79 Å². The Morgan fingerprint density at radius 3 is 2.52 bits per heavy atom. The number of nitrogens with zero attached hydrogens (tertiary/aromatic N) is 1. The number of hydrogen-bond donors (Lipinski definition) is 1. The zero-order valence-electron chi connectivity index (χ0n) is 16.5. The quantitative estimate of drug-likeness (QED) is 0.856. The molecule has 1 aliphatic rings. The number of rotatable bonds is 5. The maximum absolute atomic E-state index is 12.8. The van der Waals surface area contributed by atoms with Crippen molar-refractivity contribution in [2.45, 2.75) is 33.4 Å². The third kappa shape index (κ3) is 4.54. The van der Waals surface area contributed by atoms with Crippen LogP contribution in [0, 0.1) is 12.8 Å². The summed E-state index contributed by atoms with van der Waals surface area (Å²) in [5.41, 5.74) is 3.35. The van der Waals surface area contributed by atoms with Crippen LogP contribution in [0.3, 0.4) is 0 Å². The molecule has 0 fully saturated rings. The highest BCUT2D eigenvalue weighted by atomic mass is 16.6. The van der Waals surface area contributed by atoms with Crippen LogP contribution in [0.5, 0.6) is 11.5 Å². The molecule has 0 radical (unpaired) electrons. The molecule has 5 nitrogen and oxygen atoms in total. The van der Waals surface area contributed by atoms with E-state index in [1.54, 1.807) is 4.90 Å². The zero-order chi connectivity index (χ0) is 19.4. The van der Waals surface area contributed by atoms with Gasteiger partial charge >= 0.3 is 6.03 Å². The zero-order valence-corrected chi connectivity index (χ0v) is 16.5. The summed E-state index contributed by atoms with van der Waals surface area (Å²) in [4.78, 5) is 14.5. The molecule has 1 heterocycles. The van der Waals surface area contributed by atoms with E-state index in [0.717, 1.165) is 22.6 Å². The van der Waals surface area contributed by atoms with Crippen LogP contribution >= 0.6 is 0 Å². The Balaban J connectivity index is 1.72. The third-order valence-corrected chi connectivity index (χ3v) is 4.89. The summed E-state index contributed by atoms with van der Waals surface area (Å²) < 4.78 is 11.3. The van der Waals surface area contributed by atoms with Crippen LogP contribution in [0.25, 0.3) is 0 Å². The Labute approximate surface area is 161 Å². The Morgan fingerprint density at radius 1 is 1.11 bits per heavy atom. The van der Waals surface area contributed by atoms with Crippen molar-refractivity contribution in [3.63, 3.8) is 0 Å². The van der Waals surface area contributed by atoms with Gasteiger partial charge in [0.1, 0.15) is 13.2 Å². The van der Waals surface area contributed by atoms with Gasteiger partial charge in [0.15, 0.2) is 11.5 Å². The van der Waals surface area contributed by atoms with Crippen molar-refractivity contribution in [3.05, 3.63) is 59.2 Å². The van der Waals surface area contributed by atoms with E-state index in [1.807, 2.05) is 37.4 Å². The monoisotopic (exact) mass is 368 g/mol. The van der Waals surface area contributed by atoms with Crippen LogP contribution in [0.1, 0.15) is 36.6 Å². The van der Waals surface area contributed by atoms with E-state index in [-0.39, 0.29) is 18.0 Å². The van der Waals surface area contributed by atoms with Crippen LogP contribution in [-0.4, -0.2) is 31.2 Å². The summed E-state index contributed by atoms with van der Waals surface area (Å²) in [6.45, 7) is 7.96. The van der Waals surface area contributed by atoms with Crippen LogP contribution in [-0.2, 0) is 6.54 Å². The highest BCUT2D eigenvalue weighted by molar-refractivity contribution is 5.74. The van der Waals surface area contributed by atoms with E-state index in [4.69, 9.17) is 9.47 Å². The highest BCUT2D eigenvalue weighted by Crippen LogP contribution is 2.34. The van der Waals surface area contributed by atoms with Crippen molar-refractivity contribution >= 4 is 6.03 Å². The molecule has 0 unspecified atom stereocenters. The number of benzene rings is 2. The molecule has 5 heteroatoms. The molecular weight excluding hydrogens is 340 g/mol. The van der Waals surface area contributed by atoms with Crippen molar-refractivity contribution < 1.29 is 14.3 Å². The summed E-state index contributed by atoms with van der Waals surface area (Å²) in [5.74, 6) is 1.74. The average Bonchev–Trinajstić information content (AvgIpc) is 2.67. The summed E-state index contributed by atoms with van der Waals surface area (Å²) in [5, 5.41) is 3.17. The summed E-state index contributed by atoms with van der Waals surface area (Å²) in [7, 11) is 1.82. The first-order valence-corrected chi connectivity index (χ1v) is 9.41. The molecule has 144 valence electrons. The standard InChI is InChI=1S/C22H28N2O3/c1-15(2)21(17-9-10-19-20(13-17)27-12-11-26-19)23-22(25)24(4)14-18-8-6-5-7-16(18)3/h5-10,13,15,21H,11-12,14H2,1-4H3,(H,23,25)/t21-/m0/s1. The predicted octanol–water partition coefficient (Wildman–Crippen LogP) is 4.30. The van der Waals surface area contributed by atoms with Crippen molar-refractivity contribution in [3.8, 4) is 11.5 Å². The highest BCUT2D eigenvalue weighted by Gasteiger charge is 2.23. The number of amides is 2. The number of carbonyl (C=O) groups is 1. The maximum atomic E-state index is 12.8. The van der Waals surface area contributed by atoms with Crippen molar-refractivity contribution in [1.29, 1.82) is 0 Å². The minimum absolute atomic E-state index is 0.0909.